The van der Waals surface area contributed by atoms with Crippen LogP contribution in [0.3, 0.4) is 0 Å². The summed E-state index contributed by atoms with van der Waals surface area (Å²) in [6.45, 7) is 4.72. The molecule has 2 aromatic heterocycles. The van der Waals surface area contributed by atoms with E-state index in [0.29, 0.717) is 24.3 Å². The Balaban J connectivity index is 0.000000396. The number of aromatic nitrogens is 3. The van der Waals surface area contributed by atoms with E-state index < -0.39 is 12.1 Å². The number of carbonyl (C=O) groups excluding carboxylic acids is 1. The highest BCUT2D eigenvalue weighted by molar-refractivity contribution is 7.13. The number of anilines is 1. The van der Waals surface area contributed by atoms with Crippen LogP contribution in [-0.2, 0) is 16.1 Å². The van der Waals surface area contributed by atoms with Crippen LogP contribution < -0.4 is 5.32 Å². The molecule has 1 atom stereocenters. The first-order chi connectivity index (χ1) is 14.0. The lowest BCUT2D eigenvalue weighted by atomic mass is 10.2. The molecule has 0 radical (unpaired) electrons. The van der Waals surface area contributed by atoms with Gasteiger partial charge in [-0.3, -0.25) is 19.9 Å². The summed E-state index contributed by atoms with van der Waals surface area (Å²) in [6, 6.07) is 0.400. The van der Waals surface area contributed by atoms with Gasteiger partial charge in [0.1, 0.15) is 11.3 Å². The molecule has 2 N–H and O–H groups in total. The number of carboxylic acid groups (broad SMARTS) is 1. The SMILES string of the molecule is Cc1cnc(CN(C)C2CCN(CC(=O)Nc3nncs3)C2)o1.O=C(O)C(F)(F)F. The Kier molecular flexibility index (Phi) is 8.25. The molecular formula is C16H21F3N6O4S. The lowest BCUT2D eigenvalue weighted by Crippen LogP contribution is -2.36. The van der Waals surface area contributed by atoms with Crippen molar-refractivity contribution in [1.82, 2.24) is 25.0 Å². The number of halogens is 3. The quantitative estimate of drug-likeness (QED) is 0.675. The number of nitrogens with one attached hydrogen (secondary N) is 1. The molecule has 2 aromatic rings. The van der Waals surface area contributed by atoms with Crippen LogP contribution >= 0.6 is 11.3 Å². The highest BCUT2D eigenvalue weighted by atomic mass is 32.1. The van der Waals surface area contributed by atoms with Crippen molar-refractivity contribution in [3.05, 3.63) is 23.4 Å². The van der Waals surface area contributed by atoms with Crippen LogP contribution in [0.25, 0.3) is 0 Å². The third-order valence-electron chi connectivity index (χ3n) is 4.14. The number of aliphatic carboxylic acids is 1. The Labute approximate surface area is 173 Å². The second kappa shape index (κ2) is 10.4. The minimum atomic E-state index is -5.08. The van der Waals surface area contributed by atoms with Gasteiger partial charge in [-0.2, -0.15) is 13.2 Å². The fourth-order valence-electron chi connectivity index (χ4n) is 2.72. The zero-order valence-electron chi connectivity index (χ0n) is 16.2. The van der Waals surface area contributed by atoms with Gasteiger partial charge in [0.15, 0.2) is 0 Å². The Morgan fingerprint density at radius 2 is 2.17 bits per heavy atom. The molecular weight excluding hydrogens is 429 g/mol. The first kappa shape index (κ1) is 23.7. The summed E-state index contributed by atoms with van der Waals surface area (Å²) in [5, 5.41) is 17.9. The third kappa shape index (κ3) is 7.68. The van der Waals surface area contributed by atoms with Crippen molar-refractivity contribution >= 4 is 28.3 Å². The van der Waals surface area contributed by atoms with Crippen molar-refractivity contribution in [2.75, 3.05) is 32.0 Å². The number of hydrogen-bond donors (Lipinski definition) is 2. The number of oxazole rings is 1. The molecule has 166 valence electrons. The second-order valence-corrected chi connectivity index (χ2v) is 7.39. The van der Waals surface area contributed by atoms with E-state index in [1.807, 2.05) is 6.92 Å². The first-order valence-electron chi connectivity index (χ1n) is 8.74. The van der Waals surface area contributed by atoms with E-state index in [2.05, 4.69) is 37.3 Å². The summed E-state index contributed by atoms with van der Waals surface area (Å²) in [5.41, 5.74) is 1.60. The monoisotopic (exact) mass is 450 g/mol. The summed E-state index contributed by atoms with van der Waals surface area (Å²) in [6.07, 6.45) is -2.32. The normalized spacial score (nSPS) is 16.9. The highest BCUT2D eigenvalue weighted by Crippen LogP contribution is 2.17. The van der Waals surface area contributed by atoms with Crippen molar-refractivity contribution in [1.29, 1.82) is 0 Å². The molecule has 0 aliphatic carbocycles. The molecule has 10 nitrogen and oxygen atoms in total. The average Bonchev–Trinajstić information content (AvgIpc) is 3.38. The van der Waals surface area contributed by atoms with E-state index in [4.69, 9.17) is 14.3 Å². The maximum Gasteiger partial charge on any atom is 0.490 e. The first-order valence-corrected chi connectivity index (χ1v) is 9.62. The van der Waals surface area contributed by atoms with Crippen LogP contribution in [0.4, 0.5) is 18.3 Å². The smallest absolute Gasteiger partial charge is 0.475 e. The van der Waals surface area contributed by atoms with E-state index in [1.54, 1.807) is 11.7 Å². The number of likely N-dealkylation sites (N-methyl/N-ethyl adjacent to an activating group) is 1. The predicted molar refractivity (Wildman–Crippen MR) is 99.8 cm³/mol. The van der Waals surface area contributed by atoms with Crippen LogP contribution in [0.5, 0.6) is 0 Å². The van der Waals surface area contributed by atoms with Crippen molar-refractivity contribution in [3.63, 3.8) is 0 Å². The second-order valence-electron chi connectivity index (χ2n) is 6.55. The fraction of sp³-hybridized carbons (Fsp3) is 0.562. The summed E-state index contributed by atoms with van der Waals surface area (Å²) in [4.78, 5) is 29.5. The minimum absolute atomic E-state index is 0.0478. The maximum atomic E-state index is 12.0. The van der Waals surface area contributed by atoms with Gasteiger partial charge in [0, 0.05) is 19.1 Å². The number of amides is 1. The Bertz CT molecular complexity index is 829. The highest BCUT2D eigenvalue weighted by Gasteiger charge is 2.38. The van der Waals surface area contributed by atoms with Crippen LogP contribution in [0.1, 0.15) is 18.1 Å². The van der Waals surface area contributed by atoms with E-state index in [0.717, 1.165) is 31.2 Å². The van der Waals surface area contributed by atoms with Crippen LogP contribution in [0.15, 0.2) is 16.1 Å². The van der Waals surface area contributed by atoms with E-state index in [1.165, 1.54) is 11.3 Å². The van der Waals surface area contributed by atoms with Gasteiger partial charge in [-0.1, -0.05) is 11.3 Å². The molecule has 1 fully saturated rings. The van der Waals surface area contributed by atoms with Gasteiger partial charge in [0.05, 0.1) is 19.3 Å². The van der Waals surface area contributed by atoms with Gasteiger partial charge in [-0.05, 0) is 20.4 Å². The number of carboxylic acids is 1. The van der Waals surface area contributed by atoms with Crippen molar-refractivity contribution < 1.29 is 32.3 Å². The molecule has 0 bridgehead atoms. The molecule has 3 heterocycles. The zero-order chi connectivity index (χ0) is 22.3. The van der Waals surface area contributed by atoms with E-state index in [-0.39, 0.29) is 5.91 Å². The molecule has 0 spiro atoms. The van der Waals surface area contributed by atoms with Gasteiger partial charge in [-0.15, -0.1) is 10.2 Å². The van der Waals surface area contributed by atoms with Crippen LogP contribution in [0.2, 0.25) is 0 Å². The number of nitrogens with zero attached hydrogens (tertiary/aromatic N) is 5. The fourth-order valence-corrected chi connectivity index (χ4v) is 3.18. The molecule has 0 aromatic carbocycles. The Morgan fingerprint density at radius 1 is 1.47 bits per heavy atom. The van der Waals surface area contributed by atoms with Gasteiger partial charge >= 0.3 is 12.1 Å². The minimum Gasteiger partial charge on any atom is -0.475 e. The lowest BCUT2D eigenvalue weighted by molar-refractivity contribution is -0.192. The number of rotatable bonds is 6. The molecule has 0 saturated carbocycles. The standard InChI is InChI=1S/C14H20N6O2S.C2HF3O2/c1-10-5-15-13(22-10)8-19(2)11-3-4-20(6-11)7-12(21)17-14-18-16-9-23-14;3-2(4,5)1(6)7/h5,9,11H,3-4,6-8H2,1-2H3,(H,17,18,21);(H,6,7). The third-order valence-corrected chi connectivity index (χ3v) is 4.75. The number of hydrogen-bond acceptors (Lipinski definition) is 9. The van der Waals surface area contributed by atoms with Crippen molar-refractivity contribution in [2.45, 2.75) is 32.1 Å². The topological polar surface area (TPSA) is 125 Å². The molecule has 1 saturated heterocycles. The maximum absolute atomic E-state index is 12.0. The summed E-state index contributed by atoms with van der Waals surface area (Å²) < 4.78 is 37.3. The number of aryl methyl sites for hydroxylation is 1. The van der Waals surface area contributed by atoms with E-state index >= 15 is 0 Å². The van der Waals surface area contributed by atoms with Crippen molar-refractivity contribution in [3.8, 4) is 0 Å². The van der Waals surface area contributed by atoms with Crippen LogP contribution in [0, 0.1) is 6.92 Å². The average molecular weight is 450 g/mol. The number of likely N-dealkylation sites (tertiary alicyclic amines) is 1. The lowest BCUT2D eigenvalue weighted by Gasteiger charge is -2.23. The molecule has 1 aliphatic heterocycles. The summed E-state index contributed by atoms with van der Waals surface area (Å²) >= 11 is 1.32. The van der Waals surface area contributed by atoms with Crippen molar-refractivity contribution in [2.24, 2.45) is 0 Å². The Hall–Kier alpha value is -2.58. The van der Waals surface area contributed by atoms with Gasteiger partial charge < -0.3 is 9.52 Å². The molecule has 30 heavy (non-hydrogen) atoms. The van der Waals surface area contributed by atoms with Gasteiger partial charge in [-0.25, -0.2) is 9.78 Å². The van der Waals surface area contributed by atoms with Gasteiger partial charge in [0.2, 0.25) is 16.9 Å². The number of carbonyl (C=O) groups is 2. The summed E-state index contributed by atoms with van der Waals surface area (Å²) in [5.74, 6) is -1.24. The van der Waals surface area contributed by atoms with E-state index in [9.17, 15) is 18.0 Å². The molecule has 3 rings (SSSR count). The largest absolute Gasteiger partial charge is 0.490 e. The number of alkyl halides is 3. The summed E-state index contributed by atoms with van der Waals surface area (Å²) in [7, 11) is 2.06. The molecule has 14 heteroatoms. The zero-order valence-corrected chi connectivity index (χ0v) is 17.0. The van der Waals surface area contributed by atoms with Crippen LogP contribution in [-0.4, -0.2) is 80.9 Å². The predicted octanol–water partition coefficient (Wildman–Crippen LogP) is 1.61. The Morgan fingerprint density at radius 3 is 2.70 bits per heavy atom. The molecule has 1 unspecified atom stereocenters. The molecule has 1 aliphatic rings. The molecule has 1 amide bonds. The van der Waals surface area contributed by atoms with Gasteiger partial charge in [0.25, 0.3) is 0 Å².